The Kier molecular flexibility index (Phi) is 3.37. The first-order valence-electron chi connectivity index (χ1n) is 6.40. The minimum absolute atomic E-state index is 0.303. The van der Waals surface area contributed by atoms with Crippen molar-refractivity contribution in [3.8, 4) is 0 Å². The number of benzene rings is 1. The van der Waals surface area contributed by atoms with Crippen LogP contribution >= 0.6 is 0 Å². The molecule has 98 valence electrons. The minimum atomic E-state index is -0.303. The van der Waals surface area contributed by atoms with Crippen molar-refractivity contribution in [2.75, 3.05) is 18.4 Å². The van der Waals surface area contributed by atoms with Crippen molar-refractivity contribution in [3.63, 3.8) is 0 Å². The molecule has 0 amide bonds. The van der Waals surface area contributed by atoms with Crippen LogP contribution in [0.15, 0.2) is 30.5 Å². The van der Waals surface area contributed by atoms with Gasteiger partial charge in [0.25, 0.3) is 0 Å². The quantitative estimate of drug-likeness (QED) is 0.865. The Labute approximate surface area is 111 Å². The van der Waals surface area contributed by atoms with Gasteiger partial charge in [-0.05, 0) is 30.7 Å². The van der Waals surface area contributed by atoms with E-state index in [0.717, 1.165) is 31.6 Å². The molecule has 19 heavy (non-hydrogen) atoms. The van der Waals surface area contributed by atoms with Gasteiger partial charge in [-0.25, -0.2) is 14.4 Å². The van der Waals surface area contributed by atoms with Crippen LogP contribution in [0.25, 0.3) is 0 Å². The predicted molar refractivity (Wildman–Crippen MR) is 72.0 cm³/mol. The molecule has 0 saturated heterocycles. The molecule has 0 aliphatic carbocycles. The van der Waals surface area contributed by atoms with Gasteiger partial charge in [0.2, 0.25) is 5.95 Å². The highest BCUT2D eigenvalue weighted by molar-refractivity contribution is 5.54. The normalized spacial score (nSPS) is 14.6. The maximum Gasteiger partial charge on any atom is 0.227 e. The van der Waals surface area contributed by atoms with Crippen molar-refractivity contribution in [1.82, 2.24) is 15.3 Å². The summed E-state index contributed by atoms with van der Waals surface area (Å²) in [6.45, 7) is 1.87. The SMILES string of the molecule is Fc1ccccc1Nc1ncc2c(n1)CCNCC2. The smallest absolute Gasteiger partial charge is 0.227 e. The van der Waals surface area contributed by atoms with E-state index in [1.54, 1.807) is 18.2 Å². The zero-order chi connectivity index (χ0) is 13.1. The lowest BCUT2D eigenvalue weighted by atomic mass is 10.1. The molecule has 2 N–H and O–H groups in total. The fourth-order valence-corrected chi connectivity index (χ4v) is 2.17. The molecule has 0 fully saturated rings. The lowest BCUT2D eigenvalue weighted by Gasteiger charge is -2.09. The first kappa shape index (κ1) is 12.0. The van der Waals surface area contributed by atoms with E-state index < -0.39 is 0 Å². The number of nitrogens with one attached hydrogen (secondary N) is 2. The van der Waals surface area contributed by atoms with Crippen LogP contribution in [0.1, 0.15) is 11.3 Å². The number of rotatable bonds is 2. The van der Waals surface area contributed by atoms with Crippen LogP contribution < -0.4 is 10.6 Å². The molecule has 1 aliphatic rings. The molecule has 2 aromatic rings. The van der Waals surface area contributed by atoms with Crippen LogP contribution in [0, 0.1) is 5.82 Å². The van der Waals surface area contributed by atoms with E-state index in [1.807, 2.05) is 6.20 Å². The van der Waals surface area contributed by atoms with Crippen LogP contribution in [0.3, 0.4) is 0 Å². The van der Waals surface area contributed by atoms with Gasteiger partial charge in [0, 0.05) is 19.2 Å². The Bertz CT molecular complexity index is 585. The molecule has 0 spiro atoms. The second kappa shape index (κ2) is 5.32. The van der Waals surface area contributed by atoms with Gasteiger partial charge in [-0.2, -0.15) is 0 Å². The van der Waals surface area contributed by atoms with E-state index >= 15 is 0 Å². The molecule has 4 nitrogen and oxygen atoms in total. The zero-order valence-corrected chi connectivity index (χ0v) is 10.5. The number of hydrogen-bond acceptors (Lipinski definition) is 4. The summed E-state index contributed by atoms with van der Waals surface area (Å²) in [5.41, 5.74) is 2.61. The Morgan fingerprint density at radius 2 is 2.00 bits per heavy atom. The third-order valence-corrected chi connectivity index (χ3v) is 3.18. The number of para-hydroxylation sites is 1. The average Bonchev–Trinajstić information content (AvgIpc) is 2.66. The molecule has 5 heteroatoms. The molecule has 3 rings (SSSR count). The molecule has 0 bridgehead atoms. The number of hydrogen-bond donors (Lipinski definition) is 2. The maximum atomic E-state index is 13.6. The molecule has 0 radical (unpaired) electrons. The van der Waals surface area contributed by atoms with Gasteiger partial charge >= 0.3 is 0 Å². The number of nitrogens with zero attached hydrogens (tertiary/aromatic N) is 2. The standard InChI is InChI=1S/C14H15FN4/c15-11-3-1-2-4-13(11)19-14-17-9-10-5-7-16-8-6-12(10)18-14/h1-4,9,16H,5-8H2,(H,17,18,19). The van der Waals surface area contributed by atoms with Crippen LogP contribution in [0.4, 0.5) is 16.0 Å². The summed E-state index contributed by atoms with van der Waals surface area (Å²) in [5.74, 6) is 0.147. The second-order valence-electron chi connectivity index (χ2n) is 4.52. The van der Waals surface area contributed by atoms with E-state index in [2.05, 4.69) is 20.6 Å². The van der Waals surface area contributed by atoms with Gasteiger partial charge in [-0.1, -0.05) is 12.1 Å². The van der Waals surface area contributed by atoms with E-state index in [0.29, 0.717) is 11.6 Å². The van der Waals surface area contributed by atoms with E-state index in [4.69, 9.17) is 0 Å². The summed E-state index contributed by atoms with van der Waals surface area (Å²) in [6.07, 6.45) is 3.65. The molecule has 2 heterocycles. The van der Waals surface area contributed by atoms with E-state index in [9.17, 15) is 4.39 Å². The van der Waals surface area contributed by atoms with Crippen molar-refractivity contribution in [3.05, 3.63) is 47.5 Å². The largest absolute Gasteiger partial charge is 0.322 e. The van der Waals surface area contributed by atoms with Crippen molar-refractivity contribution in [2.24, 2.45) is 0 Å². The molecule has 0 unspecified atom stereocenters. The number of fused-ring (bicyclic) bond motifs is 1. The lowest BCUT2D eigenvalue weighted by Crippen LogP contribution is -2.16. The zero-order valence-electron chi connectivity index (χ0n) is 10.5. The van der Waals surface area contributed by atoms with Gasteiger partial charge in [0.1, 0.15) is 5.82 Å². The Balaban J connectivity index is 1.86. The summed E-state index contributed by atoms with van der Waals surface area (Å²) in [6, 6.07) is 6.52. The fourth-order valence-electron chi connectivity index (χ4n) is 2.17. The maximum absolute atomic E-state index is 13.6. The summed E-state index contributed by atoms with van der Waals surface area (Å²) in [5, 5.41) is 6.25. The fraction of sp³-hybridized carbons (Fsp3) is 0.286. The number of anilines is 2. The molecule has 1 aliphatic heterocycles. The van der Waals surface area contributed by atoms with Crippen molar-refractivity contribution in [2.45, 2.75) is 12.8 Å². The Morgan fingerprint density at radius 1 is 1.16 bits per heavy atom. The van der Waals surface area contributed by atoms with Gasteiger partial charge < -0.3 is 10.6 Å². The van der Waals surface area contributed by atoms with Crippen LogP contribution in [-0.2, 0) is 12.8 Å². The highest BCUT2D eigenvalue weighted by Crippen LogP contribution is 2.18. The Morgan fingerprint density at radius 3 is 2.89 bits per heavy atom. The topological polar surface area (TPSA) is 49.8 Å². The molecule has 1 aromatic heterocycles. The summed E-state index contributed by atoms with van der Waals surface area (Å²) >= 11 is 0. The predicted octanol–water partition coefficient (Wildman–Crippen LogP) is 2.05. The van der Waals surface area contributed by atoms with Gasteiger partial charge in [0.05, 0.1) is 11.4 Å². The molecule has 0 saturated carbocycles. The average molecular weight is 258 g/mol. The highest BCUT2D eigenvalue weighted by atomic mass is 19.1. The molecule has 0 atom stereocenters. The highest BCUT2D eigenvalue weighted by Gasteiger charge is 2.11. The summed E-state index contributed by atoms with van der Waals surface area (Å²) in [4.78, 5) is 8.73. The molecular formula is C14H15FN4. The van der Waals surface area contributed by atoms with Gasteiger partial charge in [-0.3, -0.25) is 0 Å². The van der Waals surface area contributed by atoms with Gasteiger partial charge in [0.15, 0.2) is 0 Å². The van der Waals surface area contributed by atoms with E-state index in [1.165, 1.54) is 11.6 Å². The summed E-state index contributed by atoms with van der Waals surface area (Å²) in [7, 11) is 0. The number of halogens is 1. The molecule has 1 aromatic carbocycles. The first-order valence-corrected chi connectivity index (χ1v) is 6.40. The molecular weight excluding hydrogens is 243 g/mol. The second-order valence-corrected chi connectivity index (χ2v) is 4.52. The third kappa shape index (κ3) is 2.71. The lowest BCUT2D eigenvalue weighted by molar-refractivity contribution is 0.631. The van der Waals surface area contributed by atoms with Crippen LogP contribution in [-0.4, -0.2) is 23.1 Å². The van der Waals surface area contributed by atoms with Crippen molar-refractivity contribution < 1.29 is 4.39 Å². The van der Waals surface area contributed by atoms with Crippen LogP contribution in [0.2, 0.25) is 0 Å². The van der Waals surface area contributed by atoms with Crippen LogP contribution in [0.5, 0.6) is 0 Å². The summed E-state index contributed by atoms with van der Waals surface area (Å²) < 4.78 is 13.6. The van der Waals surface area contributed by atoms with E-state index in [-0.39, 0.29) is 5.82 Å². The third-order valence-electron chi connectivity index (χ3n) is 3.18. The number of aromatic nitrogens is 2. The van der Waals surface area contributed by atoms with Gasteiger partial charge in [-0.15, -0.1) is 0 Å². The minimum Gasteiger partial charge on any atom is -0.322 e. The van der Waals surface area contributed by atoms with Crippen molar-refractivity contribution >= 4 is 11.6 Å². The Hall–Kier alpha value is -2.01. The first-order chi connectivity index (χ1) is 9.33. The van der Waals surface area contributed by atoms with Crippen molar-refractivity contribution in [1.29, 1.82) is 0 Å². The monoisotopic (exact) mass is 258 g/mol.